The number of aliphatic hydroxyl groups is 1. The van der Waals surface area contributed by atoms with Crippen LogP contribution in [0.5, 0.6) is 0 Å². The van der Waals surface area contributed by atoms with E-state index < -0.39 is 5.60 Å². The number of carbonyl (C=O) groups excluding carboxylic acids is 1. The van der Waals surface area contributed by atoms with Crippen molar-refractivity contribution in [2.45, 2.75) is 12.0 Å². The van der Waals surface area contributed by atoms with Gasteiger partial charge in [-0.15, -0.1) is 0 Å². The first kappa shape index (κ1) is 15.7. The van der Waals surface area contributed by atoms with Crippen molar-refractivity contribution in [2.24, 2.45) is 0 Å². The number of hydrogen-bond donors (Lipinski definition) is 1. The Kier molecular flexibility index (Phi) is 4.68. The van der Waals surface area contributed by atoms with Crippen LogP contribution in [-0.4, -0.2) is 72.4 Å². The molecule has 2 fully saturated rings. The number of ether oxygens (including phenoxy) is 1. The molecule has 6 heteroatoms. The topological polar surface area (TPSA) is 53.0 Å². The fourth-order valence-corrected chi connectivity index (χ4v) is 3.24. The summed E-state index contributed by atoms with van der Waals surface area (Å²) in [4.78, 5) is 16.4. The van der Waals surface area contributed by atoms with E-state index >= 15 is 0 Å². The van der Waals surface area contributed by atoms with Crippen LogP contribution in [0.25, 0.3) is 0 Å². The Balaban J connectivity index is 1.60. The minimum Gasteiger partial charge on any atom is -0.387 e. The van der Waals surface area contributed by atoms with Gasteiger partial charge in [0, 0.05) is 36.8 Å². The average molecular weight is 325 g/mol. The van der Waals surface area contributed by atoms with Crippen LogP contribution in [0.2, 0.25) is 5.02 Å². The van der Waals surface area contributed by atoms with Gasteiger partial charge in [0.2, 0.25) is 0 Å². The Morgan fingerprint density at radius 3 is 2.59 bits per heavy atom. The van der Waals surface area contributed by atoms with Crippen molar-refractivity contribution in [1.29, 1.82) is 0 Å². The maximum atomic E-state index is 12.5. The van der Waals surface area contributed by atoms with E-state index in [0.717, 1.165) is 13.1 Å². The Hall–Kier alpha value is -1.14. The minimum atomic E-state index is -0.820. The molecule has 2 heterocycles. The zero-order valence-corrected chi connectivity index (χ0v) is 13.3. The molecule has 1 amide bonds. The standard InChI is InChI=1S/C16H21ClN2O3/c17-14-3-1-13(2-4-14)15(20)19-6-5-16(21,12-19)11-18-7-9-22-10-8-18/h1-4,21H,5-12H2/t16-/m0/s1. The molecule has 1 N–H and O–H groups in total. The minimum absolute atomic E-state index is 0.0467. The number of nitrogens with zero attached hydrogens (tertiary/aromatic N) is 2. The van der Waals surface area contributed by atoms with Gasteiger partial charge in [-0.1, -0.05) is 11.6 Å². The Morgan fingerprint density at radius 1 is 1.23 bits per heavy atom. The maximum Gasteiger partial charge on any atom is 0.253 e. The first-order chi connectivity index (χ1) is 10.6. The molecule has 0 aromatic heterocycles. The quantitative estimate of drug-likeness (QED) is 0.909. The van der Waals surface area contributed by atoms with E-state index in [2.05, 4.69) is 4.90 Å². The predicted molar refractivity (Wildman–Crippen MR) is 84.2 cm³/mol. The predicted octanol–water partition coefficient (Wildman–Crippen LogP) is 1.25. The molecule has 5 nitrogen and oxygen atoms in total. The normalized spacial score (nSPS) is 26.4. The summed E-state index contributed by atoms with van der Waals surface area (Å²) < 4.78 is 5.33. The summed E-state index contributed by atoms with van der Waals surface area (Å²) in [5, 5.41) is 11.4. The monoisotopic (exact) mass is 324 g/mol. The zero-order valence-electron chi connectivity index (χ0n) is 12.5. The molecule has 0 unspecified atom stereocenters. The number of β-amino-alcohol motifs (C(OH)–C–C–N with tert-alkyl or cyclic N) is 1. The highest BCUT2D eigenvalue weighted by molar-refractivity contribution is 6.30. The third-order valence-electron chi connectivity index (χ3n) is 4.33. The molecule has 0 bridgehead atoms. The van der Waals surface area contributed by atoms with E-state index in [0.29, 0.717) is 49.9 Å². The van der Waals surface area contributed by atoms with Gasteiger partial charge < -0.3 is 14.7 Å². The van der Waals surface area contributed by atoms with Gasteiger partial charge in [0.05, 0.1) is 25.4 Å². The maximum absolute atomic E-state index is 12.5. The molecule has 1 aromatic rings. The number of hydrogen-bond acceptors (Lipinski definition) is 4. The van der Waals surface area contributed by atoms with Crippen molar-refractivity contribution >= 4 is 17.5 Å². The van der Waals surface area contributed by atoms with Gasteiger partial charge in [-0.05, 0) is 30.7 Å². The molecule has 2 saturated heterocycles. The highest BCUT2D eigenvalue weighted by atomic mass is 35.5. The van der Waals surface area contributed by atoms with Crippen LogP contribution in [0.1, 0.15) is 16.8 Å². The van der Waals surface area contributed by atoms with E-state index in [-0.39, 0.29) is 5.91 Å². The van der Waals surface area contributed by atoms with Crippen molar-refractivity contribution in [1.82, 2.24) is 9.80 Å². The number of amides is 1. The summed E-state index contributed by atoms with van der Waals surface area (Å²) in [5.41, 5.74) is -0.209. The van der Waals surface area contributed by atoms with Crippen LogP contribution >= 0.6 is 11.6 Å². The summed E-state index contributed by atoms with van der Waals surface area (Å²) in [5.74, 6) is -0.0467. The molecule has 0 radical (unpaired) electrons. The molecule has 2 aliphatic rings. The highest BCUT2D eigenvalue weighted by Gasteiger charge is 2.39. The van der Waals surface area contributed by atoms with Crippen LogP contribution in [-0.2, 0) is 4.74 Å². The second-order valence-corrected chi connectivity index (χ2v) is 6.53. The number of morpholine rings is 1. The first-order valence-electron chi connectivity index (χ1n) is 7.63. The molecule has 0 aliphatic carbocycles. The molecule has 1 aromatic carbocycles. The van der Waals surface area contributed by atoms with Gasteiger partial charge in [-0.3, -0.25) is 9.69 Å². The number of benzene rings is 1. The fourth-order valence-electron chi connectivity index (χ4n) is 3.11. The average Bonchev–Trinajstić information content (AvgIpc) is 2.90. The van der Waals surface area contributed by atoms with E-state index in [1.165, 1.54) is 0 Å². The third kappa shape index (κ3) is 3.60. The Morgan fingerprint density at radius 2 is 1.91 bits per heavy atom. The third-order valence-corrected chi connectivity index (χ3v) is 4.58. The molecule has 2 aliphatic heterocycles. The molecule has 0 spiro atoms. The van der Waals surface area contributed by atoms with Crippen LogP contribution in [0.15, 0.2) is 24.3 Å². The lowest BCUT2D eigenvalue weighted by molar-refractivity contribution is -0.0257. The summed E-state index contributed by atoms with van der Waals surface area (Å²) in [7, 11) is 0. The Labute approximate surface area is 135 Å². The lowest BCUT2D eigenvalue weighted by Crippen LogP contribution is -2.49. The van der Waals surface area contributed by atoms with Gasteiger partial charge in [-0.2, -0.15) is 0 Å². The van der Waals surface area contributed by atoms with Crippen LogP contribution in [0.4, 0.5) is 0 Å². The number of carbonyl (C=O) groups is 1. The molecule has 22 heavy (non-hydrogen) atoms. The molecule has 1 atom stereocenters. The number of likely N-dealkylation sites (tertiary alicyclic amines) is 1. The van der Waals surface area contributed by atoms with Gasteiger partial charge in [-0.25, -0.2) is 0 Å². The van der Waals surface area contributed by atoms with Crippen LogP contribution in [0.3, 0.4) is 0 Å². The number of halogens is 1. The highest BCUT2D eigenvalue weighted by Crippen LogP contribution is 2.25. The fraction of sp³-hybridized carbons (Fsp3) is 0.562. The van der Waals surface area contributed by atoms with Crippen molar-refractivity contribution in [3.8, 4) is 0 Å². The molecule has 3 rings (SSSR count). The van der Waals surface area contributed by atoms with E-state index in [9.17, 15) is 9.90 Å². The van der Waals surface area contributed by atoms with Gasteiger partial charge in [0.1, 0.15) is 0 Å². The van der Waals surface area contributed by atoms with Crippen molar-refractivity contribution in [3.63, 3.8) is 0 Å². The SMILES string of the molecule is O=C(c1ccc(Cl)cc1)N1CC[C@](O)(CN2CCOCC2)C1. The molecule has 0 saturated carbocycles. The van der Waals surface area contributed by atoms with E-state index in [4.69, 9.17) is 16.3 Å². The van der Waals surface area contributed by atoms with Crippen LogP contribution < -0.4 is 0 Å². The van der Waals surface area contributed by atoms with Crippen molar-refractivity contribution < 1.29 is 14.6 Å². The first-order valence-corrected chi connectivity index (χ1v) is 8.01. The number of rotatable bonds is 3. The zero-order chi connectivity index (χ0) is 15.6. The van der Waals surface area contributed by atoms with Gasteiger partial charge in [0.25, 0.3) is 5.91 Å². The second-order valence-electron chi connectivity index (χ2n) is 6.10. The van der Waals surface area contributed by atoms with Gasteiger partial charge in [0.15, 0.2) is 0 Å². The van der Waals surface area contributed by atoms with Crippen LogP contribution in [0, 0.1) is 0 Å². The second kappa shape index (κ2) is 6.54. The van der Waals surface area contributed by atoms with Gasteiger partial charge >= 0.3 is 0 Å². The summed E-state index contributed by atoms with van der Waals surface area (Å²) in [6, 6.07) is 6.88. The largest absolute Gasteiger partial charge is 0.387 e. The van der Waals surface area contributed by atoms with E-state index in [1.54, 1.807) is 29.2 Å². The van der Waals surface area contributed by atoms with Crippen molar-refractivity contribution in [2.75, 3.05) is 45.9 Å². The Bertz CT molecular complexity index is 531. The lowest BCUT2D eigenvalue weighted by Gasteiger charge is -2.33. The molecular weight excluding hydrogens is 304 g/mol. The summed E-state index contributed by atoms with van der Waals surface area (Å²) in [6.07, 6.45) is 0.615. The molecular formula is C16H21ClN2O3. The summed E-state index contributed by atoms with van der Waals surface area (Å²) in [6.45, 7) is 4.67. The smallest absolute Gasteiger partial charge is 0.253 e. The van der Waals surface area contributed by atoms with E-state index in [1.807, 2.05) is 0 Å². The summed E-state index contributed by atoms with van der Waals surface area (Å²) >= 11 is 5.85. The lowest BCUT2D eigenvalue weighted by atomic mass is 10.0. The molecule has 120 valence electrons. The van der Waals surface area contributed by atoms with Crippen molar-refractivity contribution in [3.05, 3.63) is 34.9 Å².